The smallest absolute Gasteiger partial charge is 0.449 e. The largest absolute Gasteiger partial charge is 1.00 e. The van der Waals surface area contributed by atoms with Crippen molar-refractivity contribution in [3.05, 3.63) is 82.9 Å². The summed E-state index contributed by atoms with van der Waals surface area (Å²) in [6.45, 7) is -3.53. The standard InChI is InChI=1S/C23H21BF3N2O2.K/c1-14-15(10-16(11-22(14)28)24(25,26)27)12-29-23(30)31-13-21-19-8-4-2-6-17(19)18-7-3-5-9-20(18)21;/h2-11,21H,12-13,28H2,1H3,(H,29,30);/q-1;+1. The van der Waals surface area contributed by atoms with Crippen LogP contribution in [-0.2, 0) is 11.3 Å². The summed E-state index contributed by atoms with van der Waals surface area (Å²) in [6.07, 6.45) is -0.692. The van der Waals surface area contributed by atoms with Gasteiger partial charge in [0.1, 0.15) is 6.61 Å². The Bertz CT molecular complexity index is 1110. The number of carbonyl (C=O) groups is 1. The van der Waals surface area contributed by atoms with Crippen LogP contribution in [-0.4, -0.2) is 19.7 Å². The fourth-order valence-electron chi connectivity index (χ4n) is 4.01. The number of fused-ring (bicyclic) bond motifs is 3. The van der Waals surface area contributed by atoms with Crippen LogP contribution in [0.3, 0.4) is 0 Å². The summed E-state index contributed by atoms with van der Waals surface area (Å²) in [4.78, 5) is 12.3. The number of halogens is 3. The molecule has 0 unspecified atom stereocenters. The molecular weight excluding hydrogens is 443 g/mol. The van der Waals surface area contributed by atoms with Gasteiger partial charge in [0.05, 0.1) is 0 Å². The zero-order chi connectivity index (χ0) is 22.2. The molecule has 0 heterocycles. The number of amides is 1. The van der Waals surface area contributed by atoms with Crippen molar-refractivity contribution in [3.63, 3.8) is 0 Å². The van der Waals surface area contributed by atoms with Crippen molar-refractivity contribution in [2.75, 3.05) is 12.3 Å². The van der Waals surface area contributed by atoms with E-state index in [0.29, 0.717) is 11.1 Å². The fourth-order valence-corrected chi connectivity index (χ4v) is 4.01. The van der Waals surface area contributed by atoms with Gasteiger partial charge in [-0.1, -0.05) is 60.7 Å². The van der Waals surface area contributed by atoms with Gasteiger partial charge in [0.2, 0.25) is 0 Å². The van der Waals surface area contributed by atoms with Gasteiger partial charge in [-0.2, -0.15) is 0 Å². The van der Waals surface area contributed by atoms with E-state index in [1.54, 1.807) is 6.92 Å². The van der Waals surface area contributed by atoms with Crippen LogP contribution in [0.4, 0.5) is 23.4 Å². The number of anilines is 1. The van der Waals surface area contributed by atoms with Gasteiger partial charge >= 0.3 is 64.5 Å². The van der Waals surface area contributed by atoms with Crippen molar-refractivity contribution in [1.29, 1.82) is 0 Å². The van der Waals surface area contributed by atoms with E-state index >= 15 is 0 Å². The molecule has 1 amide bonds. The maximum atomic E-state index is 13.1. The van der Waals surface area contributed by atoms with Crippen LogP contribution >= 0.6 is 0 Å². The number of ether oxygens (including phenoxy) is 1. The van der Waals surface area contributed by atoms with Crippen LogP contribution < -0.4 is 67.9 Å². The molecule has 0 aromatic heterocycles. The Hall–Kier alpha value is -1.78. The number of rotatable bonds is 5. The molecule has 0 spiro atoms. The number of nitrogens with one attached hydrogen (secondary N) is 1. The van der Waals surface area contributed by atoms with Gasteiger partial charge in [0.15, 0.2) is 0 Å². The molecule has 4 nitrogen and oxygen atoms in total. The predicted molar refractivity (Wildman–Crippen MR) is 116 cm³/mol. The van der Waals surface area contributed by atoms with Crippen LogP contribution in [0.2, 0.25) is 0 Å². The first-order valence-corrected chi connectivity index (χ1v) is 9.93. The first-order chi connectivity index (χ1) is 14.8. The van der Waals surface area contributed by atoms with E-state index in [9.17, 15) is 17.7 Å². The Labute approximate surface area is 227 Å². The summed E-state index contributed by atoms with van der Waals surface area (Å²) in [5, 5.41) is 2.54. The number of nitrogen functional groups attached to an aromatic ring is 1. The third kappa shape index (κ3) is 5.07. The monoisotopic (exact) mass is 464 g/mol. The molecule has 0 aliphatic heterocycles. The molecule has 9 heteroatoms. The van der Waals surface area contributed by atoms with Gasteiger partial charge < -0.3 is 28.7 Å². The van der Waals surface area contributed by atoms with Crippen molar-refractivity contribution in [2.45, 2.75) is 19.4 Å². The quantitative estimate of drug-likeness (QED) is 0.446. The van der Waals surface area contributed by atoms with E-state index in [0.717, 1.165) is 34.4 Å². The second kappa shape index (κ2) is 10.0. The van der Waals surface area contributed by atoms with Gasteiger partial charge in [-0.05, 0) is 40.3 Å². The number of alkyl carbamates (subject to hydrolysis) is 1. The van der Waals surface area contributed by atoms with E-state index in [-0.39, 0.29) is 76.1 Å². The van der Waals surface area contributed by atoms with Gasteiger partial charge in [0.25, 0.3) is 0 Å². The van der Waals surface area contributed by atoms with E-state index in [4.69, 9.17) is 10.5 Å². The maximum absolute atomic E-state index is 13.1. The fraction of sp³-hybridized carbons (Fsp3) is 0.174. The number of nitrogens with two attached hydrogens (primary N) is 1. The summed E-state index contributed by atoms with van der Waals surface area (Å²) >= 11 is 0. The zero-order valence-electron chi connectivity index (χ0n) is 17.9. The molecule has 0 saturated heterocycles. The van der Waals surface area contributed by atoms with Crippen LogP contribution in [0.5, 0.6) is 0 Å². The van der Waals surface area contributed by atoms with Crippen molar-refractivity contribution < 1.29 is 73.9 Å². The predicted octanol–water partition coefficient (Wildman–Crippen LogP) is 1.67. The van der Waals surface area contributed by atoms with E-state index in [2.05, 4.69) is 5.32 Å². The Morgan fingerprint density at radius 2 is 1.59 bits per heavy atom. The minimum atomic E-state index is -5.18. The molecule has 3 aromatic rings. The molecule has 4 rings (SSSR count). The second-order valence-electron chi connectivity index (χ2n) is 7.65. The minimum Gasteiger partial charge on any atom is -0.449 e. The summed E-state index contributed by atoms with van der Waals surface area (Å²) in [5.74, 6) is -0.0909. The number of hydrogen-bond donors (Lipinski definition) is 2. The van der Waals surface area contributed by atoms with E-state index in [1.165, 1.54) is 0 Å². The molecule has 0 fully saturated rings. The Kier molecular flexibility index (Phi) is 7.77. The topological polar surface area (TPSA) is 64.3 Å². The summed E-state index contributed by atoms with van der Waals surface area (Å²) in [5.41, 5.74) is 10.2. The van der Waals surface area contributed by atoms with Crippen LogP contribution in [0.25, 0.3) is 11.1 Å². The average molecular weight is 464 g/mol. The van der Waals surface area contributed by atoms with Crippen LogP contribution in [0.1, 0.15) is 28.2 Å². The van der Waals surface area contributed by atoms with Crippen molar-refractivity contribution in [3.8, 4) is 11.1 Å². The first-order valence-electron chi connectivity index (χ1n) is 9.93. The Balaban J connectivity index is 0.00000289. The van der Waals surface area contributed by atoms with Crippen molar-refractivity contribution >= 4 is 24.2 Å². The molecule has 1 aliphatic rings. The molecule has 0 atom stereocenters. The molecule has 32 heavy (non-hydrogen) atoms. The molecule has 0 bridgehead atoms. The van der Waals surface area contributed by atoms with Crippen LogP contribution in [0, 0.1) is 6.92 Å². The van der Waals surface area contributed by atoms with Gasteiger partial charge in [-0.25, -0.2) is 4.79 Å². The Morgan fingerprint density at radius 1 is 1.03 bits per heavy atom. The summed E-state index contributed by atoms with van der Waals surface area (Å²) < 4.78 is 44.8. The molecule has 3 N–H and O–H groups in total. The number of carbonyl (C=O) groups excluding carboxylic acids is 1. The van der Waals surface area contributed by atoms with Crippen molar-refractivity contribution in [2.24, 2.45) is 0 Å². The number of benzene rings is 3. The van der Waals surface area contributed by atoms with Gasteiger partial charge in [0, 0.05) is 18.2 Å². The molecular formula is C23H21BF3KN2O2. The third-order valence-corrected chi connectivity index (χ3v) is 5.72. The SMILES string of the molecule is Cc1c(N)cc([B-](F)(F)F)cc1CNC(=O)OCC1c2ccccc2-c2ccccc21.[K+]. The second-order valence-corrected chi connectivity index (χ2v) is 7.65. The van der Waals surface area contributed by atoms with E-state index < -0.39 is 18.5 Å². The maximum Gasteiger partial charge on any atom is 1.00 e. The van der Waals surface area contributed by atoms with Gasteiger partial charge in [-0.3, -0.25) is 0 Å². The summed E-state index contributed by atoms with van der Waals surface area (Å²) in [6, 6.07) is 17.9. The molecule has 0 radical (unpaired) electrons. The number of hydrogen-bond acceptors (Lipinski definition) is 3. The average Bonchev–Trinajstić information content (AvgIpc) is 3.06. The minimum absolute atomic E-state index is 0. The zero-order valence-corrected chi connectivity index (χ0v) is 21.0. The normalized spacial score (nSPS) is 12.5. The molecule has 3 aromatic carbocycles. The third-order valence-electron chi connectivity index (χ3n) is 5.72. The van der Waals surface area contributed by atoms with Gasteiger partial charge in [-0.15, -0.1) is 5.46 Å². The van der Waals surface area contributed by atoms with E-state index in [1.807, 2.05) is 48.5 Å². The Morgan fingerprint density at radius 3 is 2.16 bits per heavy atom. The van der Waals surface area contributed by atoms with Crippen molar-refractivity contribution in [1.82, 2.24) is 5.32 Å². The molecule has 160 valence electrons. The van der Waals surface area contributed by atoms with Crippen LogP contribution in [0.15, 0.2) is 60.7 Å². The molecule has 0 saturated carbocycles. The summed E-state index contributed by atoms with van der Waals surface area (Å²) in [7, 11) is 0. The molecule has 1 aliphatic carbocycles. The first kappa shape index (κ1) is 24.9.